The third-order valence-corrected chi connectivity index (χ3v) is 4.43. The van der Waals surface area contributed by atoms with E-state index in [1.807, 2.05) is 24.8 Å². The second-order valence-corrected chi connectivity index (χ2v) is 6.04. The molecule has 18 heavy (non-hydrogen) atoms. The van der Waals surface area contributed by atoms with Crippen molar-refractivity contribution in [2.45, 2.75) is 25.8 Å². The van der Waals surface area contributed by atoms with Crippen LogP contribution in [0.25, 0.3) is 0 Å². The van der Waals surface area contributed by atoms with E-state index >= 15 is 0 Å². The largest absolute Gasteiger partial charge is 0.312 e. The fourth-order valence-corrected chi connectivity index (χ4v) is 3.18. The highest BCUT2D eigenvalue weighted by atomic mass is 35.5. The van der Waals surface area contributed by atoms with E-state index < -0.39 is 0 Å². The van der Waals surface area contributed by atoms with Crippen LogP contribution in [-0.2, 0) is 19.9 Å². The highest BCUT2D eigenvalue weighted by Crippen LogP contribution is 2.28. The summed E-state index contributed by atoms with van der Waals surface area (Å²) in [6.45, 7) is 2.13. The van der Waals surface area contributed by atoms with Gasteiger partial charge in [-0.3, -0.25) is 4.68 Å². The molecule has 0 spiro atoms. The van der Waals surface area contributed by atoms with E-state index in [-0.39, 0.29) is 0 Å². The minimum atomic E-state index is 0.294. The molecule has 1 atom stereocenters. The summed E-state index contributed by atoms with van der Waals surface area (Å²) in [5.41, 5.74) is 2.39. The number of nitrogens with one attached hydrogen (secondary N) is 1. The van der Waals surface area contributed by atoms with Crippen LogP contribution in [-0.4, -0.2) is 16.8 Å². The van der Waals surface area contributed by atoms with E-state index in [1.165, 1.54) is 10.6 Å². The summed E-state index contributed by atoms with van der Waals surface area (Å²) in [7, 11) is 3.98. The second kappa shape index (κ2) is 5.87. The Balaban J connectivity index is 2.17. The van der Waals surface area contributed by atoms with Crippen molar-refractivity contribution in [3.8, 4) is 0 Å². The van der Waals surface area contributed by atoms with Crippen LogP contribution in [0.15, 0.2) is 18.2 Å². The molecule has 2 rings (SSSR count). The Hall–Kier alpha value is -0.840. The molecule has 0 amide bonds. The van der Waals surface area contributed by atoms with Crippen LogP contribution in [0.4, 0.5) is 0 Å². The van der Waals surface area contributed by atoms with Gasteiger partial charge in [-0.2, -0.15) is 5.10 Å². The monoisotopic (exact) mass is 283 g/mol. The summed E-state index contributed by atoms with van der Waals surface area (Å²) in [4.78, 5) is 1.27. The third-order valence-electron chi connectivity index (χ3n) is 3.09. The highest BCUT2D eigenvalue weighted by Gasteiger charge is 2.15. The van der Waals surface area contributed by atoms with Gasteiger partial charge < -0.3 is 5.32 Å². The summed E-state index contributed by atoms with van der Waals surface area (Å²) in [5, 5.41) is 7.83. The van der Waals surface area contributed by atoms with Gasteiger partial charge in [0.25, 0.3) is 0 Å². The first-order valence-electron chi connectivity index (χ1n) is 6.08. The fourth-order valence-electron chi connectivity index (χ4n) is 2.00. The van der Waals surface area contributed by atoms with E-state index in [1.54, 1.807) is 11.3 Å². The molecule has 0 saturated carbocycles. The number of thiophene rings is 1. The first kappa shape index (κ1) is 13.6. The molecule has 2 aromatic rings. The van der Waals surface area contributed by atoms with Crippen molar-refractivity contribution < 1.29 is 0 Å². The van der Waals surface area contributed by atoms with Crippen LogP contribution in [0.3, 0.4) is 0 Å². The summed E-state index contributed by atoms with van der Waals surface area (Å²) in [6.07, 6.45) is 1.90. The lowest BCUT2D eigenvalue weighted by Gasteiger charge is -2.14. The van der Waals surface area contributed by atoms with Crippen molar-refractivity contribution in [3.05, 3.63) is 38.8 Å². The van der Waals surface area contributed by atoms with Crippen molar-refractivity contribution in [1.29, 1.82) is 0 Å². The molecule has 0 bridgehead atoms. The Bertz CT molecular complexity index is 518. The topological polar surface area (TPSA) is 29.9 Å². The average Bonchev–Trinajstić information content (AvgIpc) is 2.93. The number of hydrogen-bond acceptors (Lipinski definition) is 3. The molecular weight excluding hydrogens is 266 g/mol. The number of aromatic nitrogens is 2. The summed E-state index contributed by atoms with van der Waals surface area (Å²) in [5.74, 6) is 0. The zero-order chi connectivity index (χ0) is 13.1. The predicted octanol–water partition coefficient (Wildman–Crippen LogP) is 3.20. The van der Waals surface area contributed by atoms with Gasteiger partial charge in [0.2, 0.25) is 0 Å². The van der Waals surface area contributed by atoms with Crippen LogP contribution in [0.1, 0.15) is 29.2 Å². The van der Waals surface area contributed by atoms with Crippen molar-refractivity contribution in [2.24, 2.45) is 7.05 Å². The van der Waals surface area contributed by atoms with Gasteiger partial charge in [-0.25, -0.2) is 0 Å². The molecule has 0 aliphatic rings. The molecular formula is C13H18ClN3S. The first-order valence-corrected chi connectivity index (χ1v) is 7.27. The number of likely N-dealkylation sites (N-methyl/N-ethyl adjacent to an activating group) is 1. The van der Waals surface area contributed by atoms with Gasteiger partial charge >= 0.3 is 0 Å². The Kier molecular flexibility index (Phi) is 4.43. The standard InChI is InChI=1S/C13H18ClN3S/c1-4-9-7-10(17(3)16-9)8-11(15-2)12-5-6-13(14)18-12/h5-7,11,15H,4,8H2,1-3H3. The predicted molar refractivity (Wildman–Crippen MR) is 77.4 cm³/mol. The van der Waals surface area contributed by atoms with Crippen molar-refractivity contribution >= 4 is 22.9 Å². The lowest BCUT2D eigenvalue weighted by molar-refractivity contribution is 0.569. The number of rotatable bonds is 5. The van der Waals surface area contributed by atoms with Gasteiger partial charge in [0.05, 0.1) is 10.0 Å². The van der Waals surface area contributed by atoms with Crippen molar-refractivity contribution in [1.82, 2.24) is 15.1 Å². The van der Waals surface area contributed by atoms with Crippen LogP contribution in [0.5, 0.6) is 0 Å². The number of aryl methyl sites for hydroxylation is 2. The molecule has 5 heteroatoms. The molecule has 98 valence electrons. The summed E-state index contributed by atoms with van der Waals surface area (Å²) in [6, 6.07) is 6.51. The maximum Gasteiger partial charge on any atom is 0.0931 e. The van der Waals surface area contributed by atoms with Crippen molar-refractivity contribution in [2.75, 3.05) is 7.05 Å². The van der Waals surface area contributed by atoms with Gasteiger partial charge in [-0.1, -0.05) is 18.5 Å². The number of hydrogen-bond donors (Lipinski definition) is 1. The molecule has 2 heterocycles. The maximum atomic E-state index is 6.00. The Morgan fingerprint density at radius 3 is 2.78 bits per heavy atom. The molecule has 0 saturated heterocycles. The van der Waals surface area contributed by atoms with Crippen LogP contribution < -0.4 is 5.32 Å². The minimum Gasteiger partial charge on any atom is -0.312 e. The van der Waals surface area contributed by atoms with Gasteiger partial charge in [-0.15, -0.1) is 11.3 Å². The SMILES string of the molecule is CCc1cc(CC(NC)c2ccc(Cl)s2)n(C)n1. The lowest BCUT2D eigenvalue weighted by Crippen LogP contribution is -2.19. The molecule has 2 aromatic heterocycles. The molecule has 0 radical (unpaired) electrons. The number of nitrogens with zero attached hydrogens (tertiary/aromatic N) is 2. The van der Waals surface area contributed by atoms with Gasteiger partial charge in [0.15, 0.2) is 0 Å². The molecule has 3 nitrogen and oxygen atoms in total. The maximum absolute atomic E-state index is 6.00. The van der Waals surface area contributed by atoms with E-state index in [0.29, 0.717) is 6.04 Å². The van der Waals surface area contributed by atoms with Crippen LogP contribution in [0, 0.1) is 0 Å². The summed E-state index contributed by atoms with van der Waals surface area (Å²) >= 11 is 7.63. The molecule has 1 N–H and O–H groups in total. The highest BCUT2D eigenvalue weighted by molar-refractivity contribution is 7.16. The fraction of sp³-hybridized carbons (Fsp3) is 0.462. The van der Waals surface area contributed by atoms with Gasteiger partial charge in [0, 0.05) is 30.1 Å². The van der Waals surface area contributed by atoms with Gasteiger partial charge in [0.1, 0.15) is 0 Å². The van der Waals surface area contributed by atoms with Crippen molar-refractivity contribution in [3.63, 3.8) is 0 Å². The van der Waals surface area contributed by atoms with E-state index in [2.05, 4.69) is 29.5 Å². The molecule has 0 aliphatic carbocycles. The smallest absolute Gasteiger partial charge is 0.0931 e. The third kappa shape index (κ3) is 2.94. The zero-order valence-corrected chi connectivity index (χ0v) is 12.5. The normalized spacial score (nSPS) is 12.9. The van der Waals surface area contributed by atoms with Crippen LogP contribution >= 0.6 is 22.9 Å². The Morgan fingerprint density at radius 2 is 2.28 bits per heavy atom. The lowest BCUT2D eigenvalue weighted by atomic mass is 10.1. The first-order chi connectivity index (χ1) is 8.63. The molecule has 0 aromatic carbocycles. The number of halogens is 1. The minimum absolute atomic E-state index is 0.294. The Morgan fingerprint density at radius 1 is 1.50 bits per heavy atom. The second-order valence-electron chi connectivity index (χ2n) is 4.29. The average molecular weight is 284 g/mol. The van der Waals surface area contributed by atoms with E-state index in [4.69, 9.17) is 11.6 Å². The molecule has 0 fully saturated rings. The van der Waals surface area contributed by atoms with E-state index in [9.17, 15) is 0 Å². The van der Waals surface area contributed by atoms with E-state index in [0.717, 1.165) is 22.9 Å². The Labute approximate surface area is 117 Å². The molecule has 0 aliphatic heterocycles. The van der Waals surface area contributed by atoms with Gasteiger partial charge in [-0.05, 0) is 31.7 Å². The molecule has 1 unspecified atom stereocenters. The zero-order valence-electron chi connectivity index (χ0n) is 10.9. The van der Waals surface area contributed by atoms with Crippen LogP contribution in [0.2, 0.25) is 4.34 Å². The quantitative estimate of drug-likeness (QED) is 0.913. The summed E-state index contributed by atoms with van der Waals surface area (Å²) < 4.78 is 2.81.